The predicted molar refractivity (Wildman–Crippen MR) is 85.1 cm³/mol. The highest BCUT2D eigenvalue weighted by molar-refractivity contribution is 6.30. The van der Waals surface area contributed by atoms with E-state index in [1.807, 2.05) is 24.3 Å². The monoisotopic (exact) mass is 306 g/mol. The largest absolute Gasteiger partial charge is 0.353 e. The molecule has 0 heterocycles. The molecule has 114 valence electrons. The molecule has 2 fully saturated rings. The molecule has 3 rings (SSSR count). The summed E-state index contributed by atoms with van der Waals surface area (Å²) in [5.41, 5.74) is 7.10. The molecule has 3 N–H and O–H groups in total. The van der Waals surface area contributed by atoms with E-state index in [4.69, 9.17) is 17.3 Å². The first-order valence-corrected chi connectivity index (χ1v) is 8.29. The maximum absolute atomic E-state index is 12.3. The summed E-state index contributed by atoms with van der Waals surface area (Å²) in [7, 11) is 0. The van der Waals surface area contributed by atoms with Gasteiger partial charge in [-0.3, -0.25) is 4.79 Å². The first-order chi connectivity index (χ1) is 10.1. The lowest BCUT2D eigenvalue weighted by Crippen LogP contribution is -2.54. The van der Waals surface area contributed by atoms with Crippen molar-refractivity contribution < 1.29 is 4.79 Å². The fraction of sp³-hybridized carbons (Fsp3) is 0.588. The number of hydrogen-bond donors (Lipinski definition) is 2. The third-order valence-corrected chi connectivity index (χ3v) is 5.19. The second-order valence-corrected chi connectivity index (χ2v) is 7.02. The Morgan fingerprint density at radius 1 is 1.29 bits per heavy atom. The standard InChI is InChI=1S/C17H23ClN2O/c18-14-6-1-3-11(7-14)8-16(21)20-17-12-4-2-5-13(17)10-15(19)9-12/h1,3,6-7,12-13,15,17H,2,4-5,8-10,19H2,(H,20,21). The van der Waals surface area contributed by atoms with Gasteiger partial charge in [-0.25, -0.2) is 0 Å². The fourth-order valence-corrected chi connectivity index (χ4v) is 4.31. The van der Waals surface area contributed by atoms with Crippen LogP contribution in [0.15, 0.2) is 24.3 Å². The lowest BCUT2D eigenvalue weighted by Gasteiger charge is -2.45. The van der Waals surface area contributed by atoms with Gasteiger partial charge in [0.1, 0.15) is 0 Å². The maximum atomic E-state index is 12.3. The highest BCUT2D eigenvalue weighted by Gasteiger charge is 2.39. The molecule has 2 bridgehead atoms. The summed E-state index contributed by atoms with van der Waals surface area (Å²) in [4.78, 5) is 12.3. The first-order valence-electron chi connectivity index (χ1n) is 7.91. The van der Waals surface area contributed by atoms with Crippen LogP contribution in [0, 0.1) is 11.8 Å². The first kappa shape index (κ1) is 14.9. The van der Waals surface area contributed by atoms with E-state index in [2.05, 4.69) is 5.32 Å². The van der Waals surface area contributed by atoms with Crippen LogP contribution in [0.1, 0.15) is 37.7 Å². The summed E-state index contributed by atoms with van der Waals surface area (Å²) >= 11 is 5.97. The third kappa shape index (κ3) is 3.58. The Hall–Kier alpha value is -1.06. The van der Waals surface area contributed by atoms with Crippen LogP contribution in [-0.4, -0.2) is 18.0 Å². The smallest absolute Gasteiger partial charge is 0.224 e. The van der Waals surface area contributed by atoms with Crippen molar-refractivity contribution in [2.45, 2.75) is 50.6 Å². The van der Waals surface area contributed by atoms with Gasteiger partial charge in [0, 0.05) is 17.1 Å². The molecule has 0 saturated heterocycles. The number of nitrogens with one attached hydrogen (secondary N) is 1. The van der Waals surface area contributed by atoms with E-state index in [0.717, 1.165) is 18.4 Å². The summed E-state index contributed by atoms with van der Waals surface area (Å²) < 4.78 is 0. The van der Waals surface area contributed by atoms with E-state index in [-0.39, 0.29) is 5.91 Å². The van der Waals surface area contributed by atoms with Gasteiger partial charge in [-0.1, -0.05) is 30.2 Å². The van der Waals surface area contributed by atoms with Crippen LogP contribution < -0.4 is 11.1 Å². The topological polar surface area (TPSA) is 55.1 Å². The molecule has 0 aromatic heterocycles. The Labute approximate surface area is 131 Å². The number of carbonyl (C=O) groups is 1. The summed E-state index contributed by atoms with van der Waals surface area (Å²) in [5.74, 6) is 1.24. The minimum Gasteiger partial charge on any atom is -0.353 e. The van der Waals surface area contributed by atoms with Crippen molar-refractivity contribution in [3.05, 3.63) is 34.9 Å². The molecule has 0 spiro atoms. The number of hydrogen-bond acceptors (Lipinski definition) is 2. The molecule has 1 aromatic carbocycles. The van der Waals surface area contributed by atoms with E-state index in [0.29, 0.717) is 35.4 Å². The quantitative estimate of drug-likeness (QED) is 0.902. The van der Waals surface area contributed by atoms with Gasteiger partial charge >= 0.3 is 0 Å². The van der Waals surface area contributed by atoms with Gasteiger partial charge in [0.05, 0.1) is 6.42 Å². The van der Waals surface area contributed by atoms with Crippen LogP contribution >= 0.6 is 11.6 Å². The predicted octanol–water partition coefficient (Wildman–Crippen LogP) is 2.90. The third-order valence-electron chi connectivity index (χ3n) is 4.96. The van der Waals surface area contributed by atoms with Gasteiger partial charge in [-0.05, 0) is 55.2 Å². The van der Waals surface area contributed by atoms with Crippen molar-refractivity contribution in [3.63, 3.8) is 0 Å². The minimum atomic E-state index is 0.106. The zero-order valence-corrected chi connectivity index (χ0v) is 13.0. The molecule has 2 saturated carbocycles. The molecule has 1 aromatic rings. The molecule has 2 aliphatic carbocycles. The Balaban J connectivity index is 1.62. The van der Waals surface area contributed by atoms with Crippen molar-refractivity contribution in [3.8, 4) is 0 Å². The van der Waals surface area contributed by atoms with Gasteiger partial charge in [-0.15, -0.1) is 0 Å². The average molecular weight is 307 g/mol. The van der Waals surface area contributed by atoms with E-state index in [1.165, 1.54) is 19.3 Å². The molecular formula is C17H23ClN2O. The lowest BCUT2D eigenvalue weighted by molar-refractivity contribution is -0.122. The van der Waals surface area contributed by atoms with Crippen LogP contribution in [0.25, 0.3) is 0 Å². The Kier molecular flexibility index (Phi) is 4.51. The highest BCUT2D eigenvalue weighted by Crippen LogP contribution is 2.39. The van der Waals surface area contributed by atoms with Crippen LogP contribution in [-0.2, 0) is 11.2 Å². The molecule has 1 amide bonds. The summed E-state index contributed by atoms with van der Waals surface area (Å²) in [6, 6.07) is 8.17. The van der Waals surface area contributed by atoms with E-state index in [9.17, 15) is 4.79 Å². The van der Waals surface area contributed by atoms with Gasteiger partial charge in [0.2, 0.25) is 5.91 Å². The number of amides is 1. The van der Waals surface area contributed by atoms with Gasteiger partial charge in [0.15, 0.2) is 0 Å². The number of rotatable bonds is 3. The molecule has 21 heavy (non-hydrogen) atoms. The van der Waals surface area contributed by atoms with E-state index in [1.54, 1.807) is 0 Å². The number of carbonyl (C=O) groups excluding carboxylic acids is 1. The summed E-state index contributed by atoms with van der Waals surface area (Å²) in [6.45, 7) is 0. The van der Waals surface area contributed by atoms with Crippen molar-refractivity contribution in [2.24, 2.45) is 17.6 Å². The number of benzene rings is 1. The molecule has 4 heteroatoms. The summed E-state index contributed by atoms with van der Waals surface area (Å²) in [6.07, 6.45) is 6.20. The molecular weight excluding hydrogens is 284 g/mol. The zero-order valence-electron chi connectivity index (χ0n) is 12.2. The Morgan fingerprint density at radius 3 is 2.67 bits per heavy atom. The van der Waals surface area contributed by atoms with Crippen molar-refractivity contribution >= 4 is 17.5 Å². The molecule has 3 nitrogen and oxygen atoms in total. The number of nitrogens with two attached hydrogens (primary N) is 1. The zero-order chi connectivity index (χ0) is 14.8. The fourth-order valence-electron chi connectivity index (χ4n) is 4.09. The Bertz CT molecular complexity index is 505. The molecule has 2 unspecified atom stereocenters. The van der Waals surface area contributed by atoms with Crippen LogP contribution in [0.4, 0.5) is 0 Å². The Morgan fingerprint density at radius 2 is 2.00 bits per heavy atom. The van der Waals surface area contributed by atoms with Crippen LogP contribution in [0.3, 0.4) is 0 Å². The minimum absolute atomic E-state index is 0.106. The molecule has 2 atom stereocenters. The maximum Gasteiger partial charge on any atom is 0.224 e. The highest BCUT2D eigenvalue weighted by atomic mass is 35.5. The molecule has 2 aliphatic rings. The average Bonchev–Trinajstić information content (AvgIpc) is 2.39. The summed E-state index contributed by atoms with van der Waals surface area (Å²) in [5, 5.41) is 3.95. The molecule has 0 aliphatic heterocycles. The molecule has 0 radical (unpaired) electrons. The van der Waals surface area contributed by atoms with Crippen LogP contribution in [0.5, 0.6) is 0 Å². The van der Waals surface area contributed by atoms with Crippen molar-refractivity contribution in [1.82, 2.24) is 5.32 Å². The second kappa shape index (κ2) is 6.37. The van der Waals surface area contributed by atoms with E-state index >= 15 is 0 Å². The van der Waals surface area contributed by atoms with E-state index < -0.39 is 0 Å². The van der Waals surface area contributed by atoms with Crippen molar-refractivity contribution in [1.29, 1.82) is 0 Å². The van der Waals surface area contributed by atoms with Gasteiger partial charge < -0.3 is 11.1 Å². The SMILES string of the molecule is NC1CC2CCCC(C1)C2NC(=O)Cc1cccc(Cl)c1. The van der Waals surface area contributed by atoms with Crippen molar-refractivity contribution in [2.75, 3.05) is 0 Å². The number of halogens is 1. The normalized spacial score (nSPS) is 31.7. The number of fused-ring (bicyclic) bond motifs is 2. The lowest BCUT2D eigenvalue weighted by atomic mass is 9.67. The van der Waals surface area contributed by atoms with Crippen LogP contribution in [0.2, 0.25) is 5.02 Å². The second-order valence-electron chi connectivity index (χ2n) is 6.58. The van der Waals surface area contributed by atoms with Gasteiger partial charge in [0.25, 0.3) is 0 Å². The van der Waals surface area contributed by atoms with Gasteiger partial charge in [-0.2, -0.15) is 0 Å².